The quantitative estimate of drug-likeness (QED) is 0.177. The summed E-state index contributed by atoms with van der Waals surface area (Å²) in [6, 6.07) is 13.2. The van der Waals surface area contributed by atoms with Gasteiger partial charge in [-0.25, -0.2) is 0 Å². The number of furan rings is 1. The molecular formula is C24H23ClN4O2S. The van der Waals surface area contributed by atoms with E-state index in [1.54, 1.807) is 12.3 Å². The Balaban J connectivity index is 1.52. The lowest BCUT2D eigenvalue weighted by Crippen LogP contribution is -2.08. The van der Waals surface area contributed by atoms with E-state index in [1.165, 1.54) is 11.8 Å². The zero-order valence-electron chi connectivity index (χ0n) is 17.9. The molecule has 0 spiro atoms. The van der Waals surface area contributed by atoms with Crippen molar-refractivity contribution in [1.82, 2.24) is 19.3 Å². The maximum absolute atomic E-state index is 13.0. The van der Waals surface area contributed by atoms with Gasteiger partial charge in [-0.3, -0.25) is 9.36 Å². The van der Waals surface area contributed by atoms with Crippen LogP contribution in [0.3, 0.4) is 0 Å². The van der Waals surface area contributed by atoms with E-state index in [2.05, 4.69) is 21.3 Å². The second-order valence-corrected chi connectivity index (χ2v) is 8.75. The molecule has 0 saturated carbocycles. The van der Waals surface area contributed by atoms with E-state index in [0.29, 0.717) is 34.7 Å². The van der Waals surface area contributed by atoms with E-state index in [9.17, 15) is 4.79 Å². The van der Waals surface area contributed by atoms with E-state index >= 15 is 0 Å². The van der Waals surface area contributed by atoms with Crippen molar-refractivity contribution in [3.8, 4) is 11.4 Å². The number of aryl methyl sites for hydroxylation is 1. The van der Waals surface area contributed by atoms with E-state index in [0.717, 1.165) is 22.7 Å². The van der Waals surface area contributed by atoms with E-state index < -0.39 is 0 Å². The molecule has 32 heavy (non-hydrogen) atoms. The van der Waals surface area contributed by atoms with Crippen molar-refractivity contribution in [2.24, 2.45) is 0 Å². The van der Waals surface area contributed by atoms with Crippen molar-refractivity contribution in [3.63, 3.8) is 0 Å². The van der Waals surface area contributed by atoms with Crippen LogP contribution in [0.1, 0.15) is 27.5 Å². The molecule has 4 rings (SSSR count). The van der Waals surface area contributed by atoms with Crippen molar-refractivity contribution >= 4 is 29.1 Å². The Hall–Kier alpha value is -3.03. The molecule has 164 valence electrons. The molecule has 3 aromatic heterocycles. The molecule has 4 aromatic rings. The van der Waals surface area contributed by atoms with Gasteiger partial charge in [0.2, 0.25) is 0 Å². The number of ketones is 1. The first-order valence-corrected chi connectivity index (χ1v) is 11.5. The third-order valence-corrected chi connectivity index (χ3v) is 6.45. The Morgan fingerprint density at radius 1 is 1.19 bits per heavy atom. The van der Waals surface area contributed by atoms with Gasteiger partial charge in [0.1, 0.15) is 5.76 Å². The van der Waals surface area contributed by atoms with Crippen molar-refractivity contribution in [2.45, 2.75) is 32.1 Å². The largest absolute Gasteiger partial charge is 0.467 e. The molecule has 3 heterocycles. The first-order valence-electron chi connectivity index (χ1n) is 10.1. The predicted molar refractivity (Wildman–Crippen MR) is 127 cm³/mol. The van der Waals surface area contributed by atoms with E-state index in [4.69, 9.17) is 16.0 Å². The van der Waals surface area contributed by atoms with Crippen molar-refractivity contribution in [2.75, 3.05) is 5.75 Å². The number of allylic oxidation sites excluding steroid dienone is 1. The number of rotatable bonds is 9. The standard InChI is InChI=1S/C24H23ClN4O2S/c1-4-11-28-23(18-7-9-19(25)10-8-18)26-27-24(28)32-15-22(30)21-13-16(2)29(17(21)3)14-20-6-5-12-31-20/h4-10,12-13H,1,11,14-15H2,2-3H3. The number of benzene rings is 1. The molecule has 0 aliphatic carbocycles. The molecule has 0 aliphatic rings. The molecule has 0 radical (unpaired) electrons. The summed E-state index contributed by atoms with van der Waals surface area (Å²) in [6.45, 7) is 8.94. The number of carbonyl (C=O) groups is 1. The van der Waals surface area contributed by atoms with Gasteiger partial charge in [0.05, 0.1) is 18.6 Å². The van der Waals surface area contributed by atoms with Crippen LogP contribution in [0.25, 0.3) is 11.4 Å². The summed E-state index contributed by atoms with van der Waals surface area (Å²) in [5, 5.41) is 9.99. The molecule has 0 fully saturated rings. The van der Waals surface area contributed by atoms with Crippen LogP contribution in [-0.4, -0.2) is 30.9 Å². The predicted octanol–water partition coefficient (Wildman–Crippen LogP) is 5.82. The average Bonchev–Trinajstić information content (AvgIpc) is 3.50. The summed E-state index contributed by atoms with van der Waals surface area (Å²) in [5.74, 6) is 1.89. The highest BCUT2D eigenvalue weighted by Gasteiger charge is 2.19. The Morgan fingerprint density at radius 3 is 2.66 bits per heavy atom. The number of nitrogens with zero attached hydrogens (tertiary/aromatic N) is 4. The first-order chi connectivity index (χ1) is 15.5. The monoisotopic (exact) mass is 466 g/mol. The lowest BCUT2D eigenvalue weighted by molar-refractivity contribution is 0.102. The molecular weight excluding hydrogens is 444 g/mol. The first kappa shape index (κ1) is 22.2. The third-order valence-electron chi connectivity index (χ3n) is 5.23. The smallest absolute Gasteiger partial charge is 0.192 e. The van der Waals surface area contributed by atoms with Crippen LogP contribution < -0.4 is 0 Å². The summed E-state index contributed by atoms with van der Waals surface area (Å²) in [7, 11) is 0. The minimum absolute atomic E-state index is 0.0509. The fourth-order valence-electron chi connectivity index (χ4n) is 3.59. The summed E-state index contributed by atoms with van der Waals surface area (Å²) < 4.78 is 9.51. The molecule has 0 atom stereocenters. The average molecular weight is 467 g/mol. The highest BCUT2D eigenvalue weighted by Crippen LogP contribution is 2.27. The number of Topliss-reactive ketones (excluding diaryl/α,β-unsaturated/α-hetero) is 1. The summed E-state index contributed by atoms with van der Waals surface area (Å²) in [4.78, 5) is 13.0. The molecule has 0 bridgehead atoms. The molecule has 0 N–H and O–H groups in total. The van der Waals surface area contributed by atoms with Crippen LogP contribution in [0.2, 0.25) is 5.02 Å². The van der Waals surface area contributed by atoms with E-state index in [1.807, 2.05) is 60.9 Å². The van der Waals surface area contributed by atoms with Gasteiger partial charge < -0.3 is 8.98 Å². The second kappa shape index (κ2) is 9.63. The number of aromatic nitrogens is 4. The zero-order chi connectivity index (χ0) is 22.7. The van der Waals surface area contributed by atoms with Crippen LogP contribution in [0.4, 0.5) is 0 Å². The minimum atomic E-state index is 0.0509. The second-order valence-electron chi connectivity index (χ2n) is 7.37. The SMILES string of the molecule is C=CCn1c(SCC(=O)c2cc(C)n(Cc3ccco3)c2C)nnc1-c1ccc(Cl)cc1. The van der Waals surface area contributed by atoms with Crippen LogP contribution in [0.15, 0.2) is 71.0 Å². The molecule has 6 nitrogen and oxygen atoms in total. The number of halogens is 1. The topological polar surface area (TPSA) is 65.8 Å². The number of hydrogen-bond acceptors (Lipinski definition) is 5. The number of hydrogen-bond donors (Lipinski definition) is 0. The molecule has 0 saturated heterocycles. The lowest BCUT2D eigenvalue weighted by Gasteiger charge is -2.09. The highest BCUT2D eigenvalue weighted by molar-refractivity contribution is 7.99. The van der Waals surface area contributed by atoms with Gasteiger partial charge in [-0.1, -0.05) is 29.4 Å². The van der Waals surface area contributed by atoms with Gasteiger partial charge in [0, 0.05) is 34.1 Å². The summed E-state index contributed by atoms with van der Waals surface area (Å²) in [6.07, 6.45) is 3.45. The highest BCUT2D eigenvalue weighted by atomic mass is 35.5. The maximum Gasteiger partial charge on any atom is 0.192 e. The van der Waals surface area contributed by atoms with Gasteiger partial charge in [0.25, 0.3) is 0 Å². The van der Waals surface area contributed by atoms with Gasteiger partial charge in [-0.2, -0.15) is 0 Å². The van der Waals surface area contributed by atoms with Gasteiger partial charge in [-0.05, 0) is 56.3 Å². The Kier molecular flexibility index (Phi) is 6.67. The maximum atomic E-state index is 13.0. The summed E-state index contributed by atoms with van der Waals surface area (Å²) in [5.41, 5.74) is 3.57. The number of thioether (sulfide) groups is 1. The fraction of sp³-hybridized carbons (Fsp3) is 0.208. The van der Waals surface area contributed by atoms with Gasteiger partial charge >= 0.3 is 0 Å². The van der Waals surface area contributed by atoms with Crippen molar-refractivity contribution in [3.05, 3.63) is 89.1 Å². The molecule has 0 amide bonds. The molecule has 0 unspecified atom stereocenters. The number of carbonyl (C=O) groups excluding carboxylic acids is 1. The Bertz CT molecular complexity index is 1240. The Labute approximate surface area is 195 Å². The summed E-state index contributed by atoms with van der Waals surface area (Å²) >= 11 is 7.38. The van der Waals surface area contributed by atoms with Crippen molar-refractivity contribution in [1.29, 1.82) is 0 Å². The van der Waals surface area contributed by atoms with Crippen LogP contribution in [0, 0.1) is 13.8 Å². The molecule has 0 aliphatic heterocycles. The van der Waals surface area contributed by atoms with Crippen LogP contribution >= 0.6 is 23.4 Å². The van der Waals surface area contributed by atoms with Crippen LogP contribution in [-0.2, 0) is 13.1 Å². The molecule has 1 aromatic carbocycles. The Morgan fingerprint density at radius 2 is 1.97 bits per heavy atom. The van der Waals surface area contributed by atoms with E-state index in [-0.39, 0.29) is 11.5 Å². The fourth-order valence-corrected chi connectivity index (χ4v) is 4.55. The van der Waals surface area contributed by atoms with Crippen LogP contribution in [0.5, 0.6) is 0 Å². The normalized spacial score (nSPS) is 11.1. The van der Waals surface area contributed by atoms with Gasteiger partial charge in [0.15, 0.2) is 16.8 Å². The lowest BCUT2D eigenvalue weighted by atomic mass is 10.2. The third kappa shape index (κ3) is 4.59. The van der Waals surface area contributed by atoms with Crippen molar-refractivity contribution < 1.29 is 9.21 Å². The molecule has 8 heteroatoms. The zero-order valence-corrected chi connectivity index (χ0v) is 19.5. The van der Waals surface area contributed by atoms with Gasteiger partial charge in [-0.15, -0.1) is 16.8 Å². The minimum Gasteiger partial charge on any atom is -0.467 e.